The van der Waals surface area contributed by atoms with Crippen molar-refractivity contribution < 1.29 is 13.9 Å². The SMILES string of the molecule is O=C(Nc1ccccc1Oc1ccccc1)c1ccccc1-c1ncc(-c2ccc(Cl)cc2)o1. The van der Waals surface area contributed by atoms with Crippen LogP contribution < -0.4 is 10.1 Å². The van der Waals surface area contributed by atoms with Crippen LogP contribution in [0.2, 0.25) is 5.02 Å². The van der Waals surface area contributed by atoms with E-state index in [1.165, 1.54) is 0 Å². The normalized spacial score (nSPS) is 10.6. The molecule has 6 heteroatoms. The second-order valence-corrected chi connectivity index (χ2v) is 7.88. The summed E-state index contributed by atoms with van der Waals surface area (Å²) in [5, 5.41) is 3.59. The second-order valence-electron chi connectivity index (χ2n) is 7.45. The lowest BCUT2D eigenvalue weighted by Gasteiger charge is -2.13. The van der Waals surface area contributed by atoms with Crippen LogP contribution in [0.5, 0.6) is 11.5 Å². The molecule has 0 aliphatic carbocycles. The molecule has 34 heavy (non-hydrogen) atoms. The van der Waals surface area contributed by atoms with Gasteiger partial charge in [0.15, 0.2) is 11.5 Å². The van der Waals surface area contributed by atoms with Crippen molar-refractivity contribution >= 4 is 23.2 Å². The zero-order chi connectivity index (χ0) is 23.3. The first-order valence-corrected chi connectivity index (χ1v) is 11.0. The molecule has 5 rings (SSSR count). The summed E-state index contributed by atoms with van der Waals surface area (Å²) < 4.78 is 11.9. The predicted octanol–water partition coefficient (Wildman–Crippen LogP) is 7.71. The molecule has 0 fully saturated rings. The van der Waals surface area contributed by atoms with Crippen molar-refractivity contribution in [2.45, 2.75) is 0 Å². The van der Waals surface area contributed by atoms with Gasteiger partial charge in [-0.15, -0.1) is 0 Å². The molecule has 5 nitrogen and oxygen atoms in total. The number of nitrogens with one attached hydrogen (secondary N) is 1. The second kappa shape index (κ2) is 9.65. The number of oxazole rings is 1. The Morgan fingerprint density at radius 3 is 2.35 bits per heavy atom. The molecule has 0 radical (unpaired) electrons. The molecule has 0 saturated carbocycles. The molecule has 0 aliphatic rings. The Labute approximate surface area is 201 Å². The van der Waals surface area contributed by atoms with Crippen molar-refractivity contribution in [1.82, 2.24) is 4.98 Å². The molecule has 0 bridgehead atoms. The minimum absolute atomic E-state index is 0.300. The van der Waals surface area contributed by atoms with Crippen molar-refractivity contribution in [3.05, 3.63) is 120 Å². The number of rotatable bonds is 6. The van der Waals surface area contributed by atoms with Crippen molar-refractivity contribution in [2.75, 3.05) is 5.32 Å². The average Bonchev–Trinajstić information content (AvgIpc) is 3.36. The highest BCUT2D eigenvalue weighted by molar-refractivity contribution is 6.30. The zero-order valence-corrected chi connectivity index (χ0v) is 18.7. The van der Waals surface area contributed by atoms with E-state index < -0.39 is 0 Å². The predicted molar refractivity (Wildman–Crippen MR) is 133 cm³/mol. The minimum Gasteiger partial charge on any atom is -0.455 e. The van der Waals surface area contributed by atoms with E-state index in [0.29, 0.717) is 45.0 Å². The van der Waals surface area contributed by atoms with E-state index in [0.717, 1.165) is 5.56 Å². The van der Waals surface area contributed by atoms with Gasteiger partial charge < -0.3 is 14.5 Å². The number of amides is 1. The van der Waals surface area contributed by atoms with Crippen LogP contribution in [0, 0.1) is 0 Å². The molecule has 0 spiro atoms. The number of benzene rings is 4. The Balaban J connectivity index is 1.42. The Morgan fingerprint density at radius 2 is 1.53 bits per heavy atom. The molecule has 1 N–H and O–H groups in total. The third kappa shape index (κ3) is 4.70. The molecule has 0 aliphatic heterocycles. The number of hydrogen-bond donors (Lipinski definition) is 1. The summed E-state index contributed by atoms with van der Waals surface area (Å²) in [6.07, 6.45) is 1.64. The molecule has 1 amide bonds. The third-order valence-electron chi connectivity index (χ3n) is 5.14. The zero-order valence-electron chi connectivity index (χ0n) is 17.9. The van der Waals surface area contributed by atoms with Gasteiger partial charge in [-0.3, -0.25) is 4.79 Å². The highest BCUT2D eigenvalue weighted by Gasteiger charge is 2.18. The van der Waals surface area contributed by atoms with Gasteiger partial charge in [-0.25, -0.2) is 4.98 Å². The number of anilines is 1. The van der Waals surface area contributed by atoms with Gasteiger partial charge in [0.2, 0.25) is 5.89 Å². The van der Waals surface area contributed by atoms with Gasteiger partial charge in [0, 0.05) is 16.1 Å². The first kappa shape index (κ1) is 21.5. The van der Waals surface area contributed by atoms with Crippen LogP contribution in [0.1, 0.15) is 10.4 Å². The van der Waals surface area contributed by atoms with Gasteiger partial charge in [0.25, 0.3) is 5.91 Å². The average molecular weight is 467 g/mol. The number of aromatic nitrogens is 1. The van der Waals surface area contributed by atoms with Crippen LogP contribution in [0.25, 0.3) is 22.8 Å². The van der Waals surface area contributed by atoms with Crippen LogP contribution in [-0.2, 0) is 0 Å². The maximum absolute atomic E-state index is 13.3. The first-order chi connectivity index (χ1) is 16.7. The Hall–Kier alpha value is -4.35. The minimum atomic E-state index is -0.300. The summed E-state index contributed by atoms with van der Waals surface area (Å²) >= 11 is 5.98. The van der Waals surface area contributed by atoms with E-state index in [4.69, 9.17) is 20.8 Å². The fourth-order valence-electron chi connectivity index (χ4n) is 3.48. The van der Waals surface area contributed by atoms with E-state index in [1.54, 1.807) is 48.7 Å². The third-order valence-corrected chi connectivity index (χ3v) is 5.39. The molecule has 4 aromatic carbocycles. The number of ether oxygens (including phenoxy) is 1. The number of hydrogen-bond acceptors (Lipinski definition) is 4. The Kier molecular flexibility index (Phi) is 6.10. The maximum Gasteiger partial charge on any atom is 0.256 e. The molecule has 166 valence electrons. The maximum atomic E-state index is 13.3. The van der Waals surface area contributed by atoms with E-state index >= 15 is 0 Å². The molecular formula is C28H19ClN2O3. The fraction of sp³-hybridized carbons (Fsp3) is 0. The number of nitrogens with zero attached hydrogens (tertiary/aromatic N) is 1. The highest BCUT2D eigenvalue weighted by Crippen LogP contribution is 2.32. The Morgan fingerprint density at radius 1 is 0.824 bits per heavy atom. The summed E-state index contributed by atoms with van der Waals surface area (Å²) in [6, 6.07) is 31.2. The molecule has 1 heterocycles. The largest absolute Gasteiger partial charge is 0.455 e. The van der Waals surface area contributed by atoms with Gasteiger partial charge in [-0.1, -0.05) is 54.1 Å². The van der Waals surface area contributed by atoms with Crippen LogP contribution in [0.15, 0.2) is 114 Å². The topological polar surface area (TPSA) is 64.4 Å². The number of carbonyl (C=O) groups is 1. The lowest BCUT2D eigenvalue weighted by molar-refractivity contribution is 0.102. The Bertz CT molecular complexity index is 1430. The fourth-order valence-corrected chi connectivity index (χ4v) is 3.60. The van der Waals surface area contributed by atoms with Crippen molar-refractivity contribution in [3.8, 4) is 34.3 Å². The molecule has 5 aromatic rings. The van der Waals surface area contributed by atoms with E-state index in [2.05, 4.69) is 10.3 Å². The smallest absolute Gasteiger partial charge is 0.256 e. The molecule has 0 atom stereocenters. The molecular weight excluding hydrogens is 448 g/mol. The first-order valence-electron chi connectivity index (χ1n) is 10.6. The molecule has 1 aromatic heterocycles. The molecule has 0 saturated heterocycles. The summed E-state index contributed by atoms with van der Waals surface area (Å²) in [5.74, 6) is 1.86. The number of halogens is 1. The van der Waals surface area contributed by atoms with Crippen molar-refractivity contribution in [2.24, 2.45) is 0 Å². The van der Waals surface area contributed by atoms with Gasteiger partial charge in [-0.2, -0.15) is 0 Å². The quantitative estimate of drug-likeness (QED) is 0.278. The van der Waals surface area contributed by atoms with Crippen LogP contribution in [-0.4, -0.2) is 10.9 Å². The van der Waals surface area contributed by atoms with Gasteiger partial charge in [0.05, 0.1) is 17.4 Å². The number of carbonyl (C=O) groups excluding carboxylic acids is 1. The van der Waals surface area contributed by atoms with Crippen LogP contribution in [0.3, 0.4) is 0 Å². The summed E-state index contributed by atoms with van der Waals surface area (Å²) in [7, 11) is 0. The molecule has 0 unspecified atom stereocenters. The van der Waals surface area contributed by atoms with Gasteiger partial charge in [0.1, 0.15) is 5.75 Å². The standard InChI is InChI=1S/C28H19ClN2O3/c29-20-16-14-19(15-17-20)26-18-30-28(34-26)23-11-5-4-10-22(23)27(32)31-24-12-6-7-13-25(24)33-21-8-2-1-3-9-21/h1-18H,(H,31,32). The van der Waals surface area contributed by atoms with Crippen LogP contribution in [0.4, 0.5) is 5.69 Å². The lowest BCUT2D eigenvalue weighted by atomic mass is 10.1. The lowest BCUT2D eigenvalue weighted by Crippen LogP contribution is -2.13. The van der Waals surface area contributed by atoms with Gasteiger partial charge in [-0.05, 0) is 60.7 Å². The van der Waals surface area contributed by atoms with Gasteiger partial charge >= 0.3 is 0 Å². The van der Waals surface area contributed by atoms with Crippen molar-refractivity contribution in [1.29, 1.82) is 0 Å². The summed E-state index contributed by atoms with van der Waals surface area (Å²) in [6.45, 7) is 0. The summed E-state index contributed by atoms with van der Waals surface area (Å²) in [5.41, 5.74) is 2.42. The van der Waals surface area contributed by atoms with E-state index in [9.17, 15) is 4.79 Å². The van der Waals surface area contributed by atoms with Crippen LogP contribution >= 0.6 is 11.6 Å². The van der Waals surface area contributed by atoms with Crippen molar-refractivity contribution in [3.63, 3.8) is 0 Å². The highest BCUT2D eigenvalue weighted by atomic mass is 35.5. The van der Waals surface area contributed by atoms with E-state index in [1.807, 2.05) is 60.7 Å². The summed E-state index contributed by atoms with van der Waals surface area (Å²) in [4.78, 5) is 17.7. The monoisotopic (exact) mass is 466 g/mol. The van der Waals surface area contributed by atoms with E-state index in [-0.39, 0.29) is 5.91 Å². The number of para-hydroxylation sites is 3.